The molecule has 0 spiro atoms. The fourth-order valence-electron chi connectivity index (χ4n) is 3.03. The van der Waals surface area contributed by atoms with E-state index in [9.17, 15) is 19.8 Å². The van der Waals surface area contributed by atoms with E-state index in [2.05, 4.69) is 0 Å². The highest BCUT2D eigenvalue weighted by Gasteiger charge is 2.19. The highest BCUT2D eigenvalue weighted by Crippen LogP contribution is 2.40. The van der Waals surface area contributed by atoms with E-state index in [0.717, 1.165) is 38.5 Å². The van der Waals surface area contributed by atoms with Crippen LogP contribution in [0.15, 0.2) is 0 Å². The molecule has 0 amide bonds. The second-order valence-corrected chi connectivity index (χ2v) is 7.52. The van der Waals surface area contributed by atoms with E-state index in [1.807, 2.05) is 0 Å². The Labute approximate surface area is 176 Å². The molecule has 164 valence electrons. The van der Waals surface area contributed by atoms with Crippen LogP contribution in [0.1, 0.15) is 72.9 Å². The first-order chi connectivity index (χ1) is 13.8. The Balaban J connectivity index is 2.20. The molecule has 1 unspecified atom stereocenters. The Kier molecular flexibility index (Phi) is 11.7. The molecule has 0 aromatic heterocycles. The number of aromatic hydroxyl groups is 2. The highest BCUT2D eigenvalue weighted by atomic mass is 35.5. The number of aliphatic hydroxyl groups excluding tert-OH is 2. The molecule has 29 heavy (non-hydrogen) atoms. The number of benzene rings is 1. The molecule has 0 saturated heterocycles. The minimum Gasteiger partial charge on any atom is -0.507 e. The second kappa shape index (κ2) is 13.4. The summed E-state index contributed by atoms with van der Waals surface area (Å²) in [5.41, 5.74) is 0.800. The van der Waals surface area contributed by atoms with Crippen molar-refractivity contribution < 1.29 is 34.8 Å². The van der Waals surface area contributed by atoms with Gasteiger partial charge in [-0.2, -0.15) is 0 Å². The lowest BCUT2D eigenvalue weighted by molar-refractivity contribution is -0.147. The summed E-state index contributed by atoms with van der Waals surface area (Å²) in [7, 11) is 0. The van der Waals surface area contributed by atoms with Crippen LogP contribution in [-0.2, 0) is 16.0 Å². The number of aldehydes is 1. The Bertz CT molecular complexity index is 676. The van der Waals surface area contributed by atoms with Crippen molar-refractivity contribution in [1.82, 2.24) is 0 Å². The molecule has 8 heteroatoms. The van der Waals surface area contributed by atoms with Crippen LogP contribution in [0.2, 0.25) is 5.02 Å². The summed E-state index contributed by atoms with van der Waals surface area (Å²) in [6.07, 6.45) is 6.48. The summed E-state index contributed by atoms with van der Waals surface area (Å²) < 4.78 is 4.83. The molecule has 0 aliphatic carbocycles. The molecule has 0 heterocycles. The summed E-state index contributed by atoms with van der Waals surface area (Å²) in [6, 6.07) is 0. The maximum atomic E-state index is 11.4. The van der Waals surface area contributed by atoms with Gasteiger partial charge in [0.1, 0.15) is 24.2 Å². The number of phenolic OH excluding ortho intramolecular Hbond substituents is 2. The normalized spacial score (nSPS) is 12.0. The number of aliphatic hydroxyl groups is 2. The zero-order valence-electron chi connectivity index (χ0n) is 16.8. The monoisotopic (exact) mass is 430 g/mol. The van der Waals surface area contributed by atoms with Crippen molar-refractivity contribution in [3.63, 3.8) is 0 Å². The Morgan fingerprint density at radius 3 is 2.24 bits per heavy atom. The van der Waals surface area contributed by atoms with Gasteiger partial charge in [0.25, 0.3) is 0 Å². The van der Waals surface area contributed by atoms with Crippen molar-refractivity contribution >= 4 is 23.9 Å². The molecule has 0 saturated carbocycles. The predicted octanol–water partition coefficient (Wildman–Crippen LogP) is 3.43. The Hall–Kier alpha value is -1.83. The number of ether oxygens (including phenoxy) is 1. The van der Waals surface area contributed by atoms with Crippen molar-refractivity contribution in [2.75, 3.05) is 13.2 Å². The number of hydrogen-bond donors (Lipinski definition) is 4. The molecule has 0 bridgehead atoms. The SMILES string of the molecule is Cc1c(Cl)c(O)c(CCCCCCCCCC(=O)OCC(O)CO)c(O)c1C=O. The minimum atomic E-state index is -1.02. The third-order valence-corrected chi connectivity index (χ3v) is 5.30. The van der Waals surface area contributed by atoms with E-state index in [4.69, 9.17) is 26.6 Å². The van der Waals surface area contributed by atoms with Crippen LogP contribution in [0.3, 0.4) is 0 Å². The van der Waals surface area contributed by atoms with Gasteiger partial charge in [0.2, 0.25) is 0 Å². The highest BCUT2D eigenvalue weighted by molar-refractivity contribution is 6.33. The van der Waals surface area contributed by atoms with Crippen LogP contribution in [0.25, 0.3) is 0 Å². The molecule has 1 aromatic carbocycles. The predicted molar refractivity (Wildman–Crippen MR) is 110 cm³/mol. The van der Waals surface area contributed by atoms with E-state index in [0.29, 0.717) is 36.7 Å². The third-order valence-electron chi connectivity index (χ3n) is 4.84. The maximum absolute atomic E-state index is 11.4. The lowest BCUT2D eigenvalue weighted by Crippen LogP contribution is -2.21. The molecule has 1 aromatic rings. The lowest BCUT2D eigenvalue weighted by atomic mass is 9.98. The van der Waals surface area contributed by atoms with E-state index < -0.39 is 12.7 Å². The van der Waals surface area contributed by atoms with Crippen molar-refractivity contribution in [1.29, 1.82) is 0 Å². The Morgan fingerprint density at radius 2 is 1.66 bits per heavy atom. The van der Waals surface area contributed by atoms with E-state index in [1.165, 1.54) is 0 Å². The molecule has 1 rings (SSSR count). The summed E-state index contributed by atoms with van der Waals surface area (Å²) in [5, 5.41) is 38.2. The smallest absolute Gasteiger partial charge is 0.305 e. The molecule has 4 N–H and O–H groups in total. The van der Waals surface area contributed by atoms with Gasteiger partial charge in [-0.3, -0.25) is 9.59 Å². The van der Waals surface area contributed by atoms with Crippen LogP contribution in [-0.4, -0.2) is 52.0 Å². The van der Waals surface area contributed by atoms with Crippen molar-refractivity contribution in [3.05, 3.63) is 21.7 Å². The summed E-state index contributed by atoms with van der Waals surface area (Å²) in [5.74, 6) is -0.730. The average molecular weight is 431 g/mol. The quantitative estimate of drug-likeness (QED) is 0.202. The summed E-state index contributed by atoms with van der Waals surface area (Å²) >= 11 is 6.04. The number of rotatable bonds is 14. The largest absolute Gasteiger partial charge is 0.507 e. The number of carbonyl (C=O) groups is 2. The lowest BCUT2D eigenvalue weighted by Gasteiger charge is -2.13. The van der Waals surface area contributed by atoms with Crippen LogP contribution in [0.5, 0.6) is 11.5 Å². The molecule has 1 atom stereocenters. The maximum Gasteiger partial charge on any atom is 0.305 e. The first-order valence-electron chi connectivity index (χ1n) is 9.96. The molecular formula is C21H31ClO7. The van der Waals surface area contributed by atoms with Gasteiger partial charge < -0.3 is 25.2 Å². The number of esters is 1. The standard InChI is InChI=1S/C21H31ClO7/c1-14-17(12-24)20(27)16(21(28)19(14)22)9-7-5-3-2-4-6-8-10-18(26)29-13-15(25)11-23/h12,15,23,25,27-28H,2-11,13H2,1H3. The van der Waals surface area contributed by atoms with Crippen molar-refractivity contribution in [2.45, 2.75) is 70.8 Å². The first kappa shape index (κ1) is 25.2. The van der Waals surface area contributed by atoms with Crippen LogP contribution < -0.4 is 0 Å². The van der Waals surface area contributed by atoms with E-state index in [-0.39, 0.29) is 34.7 Å². The van der Waals surface area contributed by atoms with E-state index >= 15 is 0 Å². The number of hydrogen-bond acceptors (Lipinski definition) is 7. The van der Waals surface area contributed by atoms with Gasteiger partial charge in [-0.15, -0.1) is 0 Å². The van der Waals surface area contributed by atoms with Crippen LogP contribution in [0.4, 0.5) is 0 Å². The van der Waals surface area contributed by atoms with Gasteiger partial charge in [0.05, 0.1) is 17.2 Å². The zero-order valence-corrected chi connectivity index (χ0v) is 17.6. The number of carbonyl (C=O) groups excluding carboxylic acids is 2. The van der Waals surface area contributed by atoms with Gasteiger partial charge in [-0.05, 0) is 31.7 Å². The van der Waals surface area contributed by atoms with Crippen LogP contribution in [0, 0.1) is 6.92 Å². The van der Waals surface area contributed by atoms with Crippen molar-refractivity contribution in [3.8, 4) is 11.5 Å². The fourth-order valence-corrected chi connectivity index (χ4v) is 3.25. The molecule has 0 radical (unpaired) electrons. The topological polar surface area (TPSA) is 124 Å². The zero-order chi connectivity index (χ0) is 21.8. The second-order valence-electron chi connectivity index (χ2n) is 7.14. The van der Waals surface area contributed by atoms with Gasteiger partial charge in [0.15, 0.2) is 6.29 Å². The molecule has 0 aliphatic heterocycles. The molecular weight excluding hydrogens is 400 g/mol. The average Bonchev–Trinajstić information content (AvgIpc) is 2.71. The van der Waals surface area contributed by atoms with Gasteiger partial charge in [-0.25, -0.2) is 0 Å². The molecule has 0 fully saturated rings. The third kappa shape index (κ3) is 8.20. The first-order valence-corrected chi connectivity index (χ1v) is 10.3. The number of halogens is 1. The molecule has 7 nitrogen and oxygen atoms in total. The van der Waals surface area contributed by atoms with E-state index in [1.54, 1.807) is 6.92 Å². The van der Waals surface area contributed by atoms with Gasteiger partial charge in [0, 0.05) is 12.0 Å². The summed E-state index contributed by atoms with van der Waals surface area (Å²) in [4.78, 5) is 22.6. The number of phenols is 2. The summed E-state index contributed by atoms with van der Waals surface area (Å²) in [6.45, 7) is 0.968. The fraction of sp³-hybridized carbons (Fsp3) is 0.619. The minimum absolute atomic E-state index is 0.101. The molecule has 0 aliphatic rings. The van der Waals surface area contributed by atoms with Crippen LogP contribution >= 0.6 is 11.6 Å². The van der Waals surface area contributed by atoms with Crippen molar-refractivity contribution in [2.24, 2.45) is 0 Å². The van der Waals surface area contributed by atoms with Gasteiger partial charge >= 0.3 is 5.97 Å². The Morgan fingerprint density at radius 1 is 1.07 bits per heavy atom. The van der Waals surface area contributed by atoms with Gasteiger partial charge in [-0.1, -0.05) is 43.7 Å². The number of unbranched alkanes of at least 4 members (excludes halogenated alkanes) is 6.